The lowest BCUT2D eigenvalue weighted by atomic mass is 9.41. The van der Waals surface area contributed by atoms with Crippen LogP contribution in [-0.2, 0) is 19.1 Å². The predicted octanol–water partition coefficient (Wildman–Crippen LogP) is 0.761. The predicted molar refractivity (Wildman–Crippen MR) is 97.7 cm³/mol. The van der Waals surface area contributed by atoms with E-state index in [2.05, 4.69) is 0 Å². The molecule has 1 aromatic heterocycles. The average molecular weight is 427 g/mol. The van der Waals surface area contributed by atoms with E-state index < -0.39 is 70.5 Å². The molecule has 7 atom stereocenters. The van der Waals surface area contributed by atoms with Crippen LogP contribution < -0.4 is 0 Å². The van der Waals surface area contributed by atoms with E-state index in [1.807, 2.05) is 0 Å². The molecule has 158 valence electrons. The first kappa shape index (κ1) is 20.5. The molecule has 0 radical (unpaired) electrons. The van der Waals surface area contributed by atoms with Gasteiger partial charge in [-0.25, -0.2) is 0 Å². The fourth-order valence-corrected chi connectivity index (χ4v) is 6.30. The second-order valence-corrected chi connectivity index (χ2v) is 8.70. The van der Waals surface area contributed by atoms with E-state index in [1.165, 1.54) is 12.5 Å². The monoisotopic (exact) mass is 426 g/mol. The van der Waals surface area contributed by atoms with Crippen LogP contribution in [0.3, 0.4) is 0 Å². The Morgan fingerprint density at radius 3 is 2.62 bits per heavy atom. The van der Waals surface area contributed by atoms with Gasteiger partial charge in [-0.1, -0.05) is 6.92 Å². The first-order valence-corrected chi connectivity index (χ1v) is 10.1. The summed E-state index contributed by atoms with van der Waals surface area (Å²) in [5.74, 6) is -4.56. The van der Waals surface area contributed by atoms with Gasteiger partial charge in [0.05, 0.1) is 35.8 Å². The molecule has 1 saturated heterocycles. The third-order valence-corrected chi connectivity index (χ3v) is 7.97. The summed E-state index contributed by atoms with van der Waals surface area (Å²) in [6.45, 7) is 0.666. The number of ketones is 2. The summed E-state index contributed by atoms with van der Waals surface area (Å²) < 4.78 is 10.7. The highest BCUT2D eigenvalue weighted by Gasteiger charge is 2.77. The maximum absolute atomic E-state index is 13.3. The quantitative estimate of drug-likeness (QED) is 0.476. The molecule has 0 unspecified atom stereocenters. The van der Waals surface area contributed by atoms with Crippen molar-refractivity contribution < 1.29 is 38.9 Å². The van der Waals surface area contributed by atoms with Gasteiger partial charge in [0.2, 0.25) is 0 Å². The molecule has 3 fully saturated rings. The molecule has 0 aromatic carbocycles. The maximum Gasteiger partial charge on any atom is 0.313 e. The Bertz CT molecular complexity index is 853. The molecule has 1 aromatic rings. The Morgan fingerprint density at radius 2 is 2.03 bits per heavy atom. The number of esters is 1. The molecule has 3 aliphatic rings. The van der Waals surface area contributed by atoms with Crippen molar-refractivity contribution in [3.05, 3.63) is 24.2 Å². The highest BCUT2D eigenvalue weighted by molar-refractivity contribution is 6.21. The number of hydrogen-bond donors (Lipinski definition) is 3. The van der Waals surface area contributed by atoms with Crippen LogP contribution in [0.4, 0.5) is 0 Å². The van der Waals surface area contributed by atoms with Crippen LogP contribution >= 0.6 is 11.6 Å². The van der Waals surface area contributed by atoms with Gasteiger partial charge >= 0.3 is 5.97 Å². The summed E-state index contributed by atoms with van der Waals surface area (Å²) in [5.41, 5.74) is -5.22. The molecule has 2 aliphatic carbocycles. The van der Waals surface area contributed by atoms with Crippen LogP contribution in [0.2, 0.25) is 0 Å². The number of hydrogen-bond acceptors (Lipinski definition) is 8. The summed E-state index contributed by atoms with van der Waals surface area (Å²) in [6.07, 6.45) is 0.671. The SMILES string of the molecule is C[C@@H]1[C@@H](O)C(=O)[C@]2(CO)[C@H](CCC(=O)[C@]2(O)CCl)[C@]12C[C@@H](c1ccoc1)OC2=O. The Labute approximate surface area is 171 Å². The van der Waals surface area contributed by atoms with Crippen LogP contribution in [0.1, 0.15) is 37.9 Å². The number of aliphatic hydroxyl groups is 3. The molecule has 9 heteroatoms. The standard InChI is InChI=1S/C20H23ClO8/c1-10-15(24)16(25)19(9-22)13(2-3-14(23)20(19,27)8-21)18(10)6-12(29-17(18)26)11-4-5-28-7-11/h4-5,7,10,12-13,15,22,24,27H,2-3,6,8-9H2,1H3/t10-,12+,13-,15-,18+,19+,20-/m1/s1. The molecule has 4 rings (SSSR count). The molecule has 1 aliphatic heterocycles. The Kier molecular flexibility index (Phi) is 4.70. The minimum atomic E-state index is -2.38. The molecule has 8 nitrogen and oxygen atoms in total. The van der Waals surface area contributed by atoms with Crippen molar-refractivity contribution in [2.45, 2.75) is 44.0 Å². The van der Waals surface area contributed by atoms with E-state index in [1.54, 1.807) is 13.0 Å². The van der Waals surface area contributed by atoms with Crippen LogP contribution in [0.5, 0.6) is 0 Å². The smallest absolute Gasteiger partial charge is 0.313 e. The van der Waals surface area contributed by atoms with Crippen LogP contribution in [0.15, 0.2) is 23.0 Å². The Hall–Kier alpha value is -1.74. The van der Waals surface area contributed by atoms with Gasteiger partial charge in [0.15, 0.2) is 17.2 Å². The zero-order valence-electron chi connectivity index (χ0n) is 15.8. The summed E-state index contributed by atoms with van der Waals surface area (Å²) in [5, 5.41) is 32.4. The number of fused-ring (bicyclic) bond motifs is 2. The van der Waals surface area contributed by atoms with Crippen molar-refractivity contribution >= 4 is 29.1 Å². The van der Waals surface area contributed by atoms with Crippen molar-refractivity contribution in [3.63, 3.8) is 0 Å². The summed E-state index contributed by atoms with van der Waals surface area (Å²) in [4.78, 5) is 39.1. The summed E-state index contributed by atoms with van der Waals surface area (Å²) in [6, 6.07) is 1.66. The van der Waals surface area contributed by atoms with Crippen molar-refractivity contribution in [3.8, 4) is 0 Å². The lowest BCUT2D eigenvalue weighted by Crippen LogP contribution is -2.76. The number of carbonyl (C=O) groups excluding carboxylic acids is 3. The first-order chi connectivity index (χ1) is 13.7. The Balaban J connectivity index is 1.91. The number of alkyl halides is 1. The van der Waals surface area contributed by atoms with Crippen molar-refractivity contribution in [1.82, 2.24) is 0 Å². The van der Waals surface area contributed by atoms with E-state index in [0.717, 1.165) is 0 Å². The van der Waals surface area contributed by atoms with Gasteiger partial charge in [-0.15, -0.1) is 11.6 Å². The first-order valence-electron chi connectivity index (χ1n) is 9.58. The number of carbonyl (C=O) groups is 3. The number of halogens is 1. The lowest BCUT2D eigenvalue weighted by Gasteiger charge is -2.60. The van der Waals surface area contributed by atoms with Crippen LogP contribution in [0.25, 0.3) is 0 Å². The van der Waals surface area contributed by atoms with Crippen molar-refractivity contribution in [1.29, 1.82) is 0 Å². The number of aliphatic hydroxyl groups excluding tert-OH is 2. The molecular formula is C20H23ClO8. The van der Waals surface area contributed by atoms with Crippen molar-refractivity contribution in [2.75, 3.05) is 12.5 Å². The van der Waals surface area contributed by atoms with Gasteiger partial charge in [0.25, 0.3) is 0 Å². The van der Waals surface area contributed by atoms with E-state index in [4.69, 9.17) is 20.8 Å². The number of ether oxygens (including phenoxy) is 1. The second-order valence-electron chi connectivity index (χ2n) is 8.43. The molecule has 1 spiro atoms. The normalized spacial score (nSPS) is 44.8. The van der Waals surface area contributed by atoms with Gasteiger partial charge < -0.3 is 24.5 Å². The molecule has 2 saturated carbocycles. The summed E-state index contributed by atoms with van der Waals surface area (Å²) >= 11 is 5.95. The second kappa shape index (κ2) is 6.63. The fourth-order valence-electron chi connectivity index (χ4n) is 5.91. The lowest BCUT2D eigenvalue weighted by molar-refractivity contribution is -0.222. The highest BCUT2D eigenvalue weighted by Crippen LogP contribution is 2.66. The Morgan fingerprint density at radius 1 is 1.31 bits per heavy atom. The molecular weight excluding hydrogens is 404 g/mol. The van der Waals surface area contributed by atoms with E-state index in [9.17, 15) is 29.7 Å². The number of furan rings is 1. The topological polar surface area (TPSA) is 134 Å². The maximum atomic E-state index is 13.3. The molecule has 3 N–H and O–H groups in total. The zero-order valence-corrected chi connectivity index (χ0v) is 16.6. The third-order valence-electron chi connectivity index (χ3n) is 7.58. The molecule has 29 heavy (non-hydrogen) atoms. The van der Waals surface area contributed by atoms with E-state index in [-0.39, 0.29) is 19.3 Å². The molecule has 0 amide bonds. The van der Waals surface area contributed by atoms with E-state index in [0.29, 0.717) is 5.56 Å². The van der Waals surface area contributed by atoms with Gasteiger partial charge in [-0.05, 0) is 18.4 Å². The van der Waals surface area contributed by atoms with Gasteiger partial charge in [0, 0.05) is 24.3 Å². The average Bonchev–Trinajstić information content (AvgIpc) is 3.36. The highest BCUT2D eigenvalue weighted by atomic mass is 35.5. The van der Waals surface area contributed by atoms with Crippen molar-refractivity contribution in [2.24, 2.45) is 22.7 Å². The number of cyclic esters (lactones) is 1. The zero-order chi connectivity index (χ0) is 21.2. The van der Waals surface area contributed by atoms with E-state index >= 15 is 0 Å². The van der Waals surface area contributed by atoms with Gasteiger partial charge in [-0.3, -0.25) is 14.4 Å². The summed E-state index contributed by atoms with van der Waals surface area (Å²) in [7, 11) is 0. The fraction of sp³-hybridized carbons (Fsp3) is 0.650. The van der Waals surface area contributed by atoms with Crippen LogP contribution in [-0.4, -0.2) is 57.0 Å². The third kappa shape index (κ3) is 2.28. The molecule has 0 bridgehead atoms. The van der Waals surface area contributed by atoms with Crippen LogP contribution in [0, 0.1) is 22.7 Å². The minimum absolute atomic E-state index is 0.0919. The number of rotatable bonds is 3. The minimum Gasteiger partial charge on any atom is -0.472 e. The largest absolute Gasteiger partial charge is 0.472 e. The van der Waals surface area contributed by atoms with Gasteiger partial charge in [-0.2, -0.15) is 0 Å². The molecule has 2 heterocycles. The number of Topliss-reactive ketones (excluding diaryl/α,β-unsaturated/α-hetero) is 2. The van der Waals surface area contributed by atoms with Gasteiger partial charge in [0.1, 0.15) is 12.2 Å².